The molecule has 6 heteroatoms. The van der Waals surface area contributed by atoms with Crippen molar-refractivity contribution in [2.45, 2.75) is 77.0 Å². The summed E-state index contributed by atoms with van der Waals surface area (Å²) in [7, 11) is 0. The van der Waals surface area contributed by atoms with Crippen LogP contribution in [0.1, 0.15) is 45.6 Å². The van der Waals surface area contributed by atoms with Crippen LogP contribution in [-0.2, 0) is 30.3 Å². The maximum atomic E-state index is 12.5. The van der Waals surface area contributed by atoms with Crippen molar-refractivity contribution in [3.8, 4) is 0 Å². The Morgan fingerprint density at radius 1 is 1.32 bits per heavy atom. The number of unbranched alkanes of at least 4 members (excludes halogenated alkanes) is 1. The van der Waals surface area contributed by atoms with Gasteiger partial charge < -0.3 is 18.9 Å². The summed E-state index contributed by atoms with van der Waals surface area (Å²) < 4.78 is 23.6. The zero-order valence-electron chi connectivity index (χ0n) is 14.9. The molecule has 25 heavy (non-hydrogen) atoms. The molecule has 138 valence electrons. The van der Waals surface area contributed by atoms with Gasteiger partial charge in [0, 0.05) is 11.4 Å². The number of Topliss-reactive ketones (excluding diaryl/α,β-unsaturated/α-hetero) is 1. The van der Waals surface area contributed by atoms with E-state index in [0.29, 0.717) is 18.1 Å². The molecule has 0 amide bonds. The minimum atomic E-state index is -0.746. The van der Waals surface area contributed by atoms with Crippen LogP contribution in [0.15, 0.2) is 24.3 Å². The Morgan fingerprint density at radius 2 is 2.12 bits per heavy atom. The summed E-state index contributed by atoms with van der Waals surface area (Å²) in [6, 6.07) is 7.46. The number of halogens is 1. The fourth-order valence-corrected chi connectivity index (χ4v) is 3.45. The lowest BCUT2D eigenvalue weighted by atomic mass is 10.0. The average Bonchev–Trinajstić information content (AvgIpc) is 3.02. The molecule has 0 unspecified atom stereocenters. The van der Waals surface area contributed by atoms with Gasteiger partial charge in [-0.15, -0.1) is 0 Å². The molecule has 1 aromatic rings. The Hall–Kier alpha value is -0.980. The van der Waals surface area contributed by atoms with Gasteiger partial charge in [-0.2, -0.15) is 0 Å². The first-order chi connectivity index (χ1) is 11.9. The van der Waals surface area contributed by atoms with Gasteiger partial charge in [-0.3, -0.25) is 4.79 Å². The van der Waals surface area contributed by atoms with Crippen molar-refractivity contribution in [3.63, 3.8) is 0 Å². The molecule has 0 radical (unpaired) electrons. The van der Waals surface area contributed by atoms with Gasteiger partial charge in [0.25, 0.3) is 0 Å². The summed E-state index contributed by atoms with van der Waals surface area (Å²) in [5.41, 5.74) is 0.939. The first kappa shape index (κ1) is 18.8. The lowest BCUT2D eigenvalue weighted by molar-refractivity contribution is -0.218. The average molecular weight is 369 g/mol. The molecule has 2 saturated heterocycles. The van der Waals surface area contributed by atoms with Crippen LogP contribution in [-0.4, -0.2) is 36.2 Å². The second kappa shape index (κ2) is 7.72. The second-order valence-corrected chi connectivity index (χ2v) is 7.44. The molecule has 2 aliphatic rings. The maximum absolute atomic E-state index is 12.5. The largest absolute Gasteiger partial charge is 0.367 e. The summed E-state index contributed by atoms with van der Waals surface area (Å²) in [5, 5.41) is 0.652. The number of hydrogen-bond acceptors (Lipinski definition) is 5. The fourth-order valence-electron chi connectivity index (χ4n) is 3.23. The maximum Gasteiger partial charge on any atom is 0.190 e. The van der Waals surface area contributed by atoms with Gasteiger partial charge >= 0.3 is 0 Å². The molecule has 4 atom stereocenters. The van der Waals surface area contributed by atoms with Gasteiger partial charge in [0.05, 0.1) is 6.61 Å². The minimum absolute atomic E-state index is 0.0392. The van der Waals surface area contributed by atoms with Crippen LogP contribution in [0, 0.1) is 0 Å². The minimum Gasteiger partial charge on any atom is -0.367 e. The monoisotopic (exact) mass is 368 g/mol. The normalized spacial score (nSPS) is 30.4. The Morgan fingerprint density at radius 3 is 2.84 bits per heavy atom. The number of ketones is 1. The van der Waals surface area contributed by atoms with Gasteiger partial charge in [-0.05, 0) is 38.0 Å². The van der Waals surface area contributed by atoms with Crippen LogP contribution >= 0.6 is 11.6 Å². The third-order valence-electron chi connectivity index (χ3n) is 4.42. The molecule has 0 N–H and O–H groups in total. The zero-order valence-corrected chi connectivity index (χ0v) is 15.6. The highest BCUT2D eigenvalue weighted by Crippen LogP contribution is 2.39. The summed E-state index contributed by atoms with van der Waals surface area (Å²) in [4.78, 5) is 12.5. The highest BCUT2D eigenvalue weighted by molar-refractivity contribution is 6.30. The van der Waals surface area contributed by atoms with E-state index in [1.54, 1.807) is 0 Å². The van der Waals surface area contributed by atoms with E-state index in [0.717, 1.165) is 18.4 Å². The number of carbonyl (C=O) groups excluding carboxylic acids is 1. The smallest absolute Gasteiger partial charge is 0.190 e. The molecular formula is C19H25ClO5. The fraction of sp³-hybridized carbons (Fsp3) is 0.632. The molecule has 0 bridgehead atoms. The summed E-state index contributed by atoms with van der Waals surface area (Å²) in [6.07, 6.45) is 0.134. The zero-order chi connectivity index (χ0) is 18.0. The molecule has 1 aromatic carbocycles. The lowest BCUT2D eigenvalue weighted by Crippen LogP contribution is -2.40. The number of fused-ring (bicyclic) bond motifs is 1. The van der Waals surface area contributed by atoms with Crippen molar-refractivity contribution in [2.24, 2.45) is 0 Å². The van der Waals surface area contributed by atoms with E-state index < -0.39 is 30.4 Å². The molecule has 3 rings (SSSR count). The van der Waals surface area contributed by atoms with Crippen LogP contribution in [0.2, 0.25) is 5.02 Å². The summed E-state index contributed by atoms with van der Waals surface area (Å²) >= 11 is 6.02. The quantitative estimate of drug-likeness (QED) is 0.731. The van der Waals surface area contributed by atoms with Gasteiger partial charge in [0.15, 0.2) is 17.9 Å². The molecule has 2 fully saturated rings. The highest BCUT2D eigenvalue weighted by Gasteiger charge is 2.57. The molecule has 5 nitrogen and oxygen atoms in total. The first-order valence-corrected chi connectivity index (χ1v) is 9.17. The van der Waals surface area contributed by atoms with E-state index in [4.69, 9.17) is 30.5 Å². The number of carbonyl (C=O) groups is 1. The predicted molar refractivity (Wildman–Crippen MR) is 93.3 cm³/mol. The molecular weight excluding hydrogens is 344 g/mol. The molecule has 2 aliphatic heterocycles. The van der Waals surface area contributed by atoms with Gasteiger partial charge in [-0.25, -0.2) is 0 Å². The van der Waals surface area contributed by atoms with Crippen molar-refractivity contribution >= 4 is 17.4 Å². The highest BCUT2D eigenvalue weighted by atomic mass is 35.5. The van der Waals surface area contributed by atoms with E-state index in [2.05, 4.69) is 6.92 Å². The molecule has 2 heterocycles. The van der Waals surface area contributed by atoms with E-state index in [-0.39, 0.29) is 5.78 Å². The van der Waals surface area contributed by atoms with Crippen molar-refractivity contribution in [1.82, 2.24) is 0 Å². The molecule has 0 aliphatic carbocycles. The third kappa shape index (κ3) is 4.41. The van der Waals surface area contributed by atoms with E-state index in [1.165, 1.54) is 0 Å². The Labute approximate surface area is 153 Å². The van der Waals surface area contributed by atoms with E-state index >= 15 is 0 Å². The number of hydrogen-bond donors (Lipinski definition) is 0. The Bertz CT molecular complexity index is 618. The van der Waals surface area contributed by atoms with Gasteiger partial charge in [0.2, 0.25) is 0 Å². The van der Waals surface area contributed by atoms with Crippen LogP contribution in [0.5, 0.6) is 0 Å². The number of ether oxygens (including phenoxy) is 4. The molecule has 0 saturated carbocycles. The topological polar surface area (TPSA) is 54.0 Å². The van der Waals surface area contributed by atoms with Crippen molar-refractivity contribution in [1.29, 1.82) is 0 Å². The second-order valence-electron chi connectivity index (χ2n) is 7.00. The molecule has 0 aromatic heterocycles. The van der Waals surface area contributed by atoms with E-state index in [9.17, 15) is 4.79 Å². The van der Waals surface area contributed by atoms with Gasteiger partial charge in [-0.1, -0.05) is 37.1 Å². The van der Waals surface area contributed by atoms with Crippen molar-refractivity contribution in [3.05, 3.63) is 34.9 Å². The third-order valence-corrected chi connectivity index (χ3v) is 4.65. The molecule has 0 spiro atoms. The predicted octanol–water partition coefficient (Wildman–Crippen LogP) is 3.86. The van der Waals surface area contributed by atoms with Gasteiger partial charge in [0.1, 0.15) is 18.3 Å². The van der Waals surface area contributed by atoms with Crippen molar-refractivity contribution in [2.75, 3.05) is 0 Å². The number of rotatable bonds is 7. The lowest BCUT2D eigenvalue weighted by Gasteiger charge is -2.25. The summed E-state index contributed by atoms with van der Waals surface area (Å²) in [5.74, 6) is -0.706. The number of benzene rings is 1. The Kier molecular flexibility index (Phi) is 5.81. The Balaban J connectivity index is 1.71. The standard InChI is InChI=1S/C19H25ClO5/c1-4-5-9-14(21)15-16(17-18(23-15)25-19(2,3)24-17)22-11-12-7-6-8-13(20)10-12/h6-8,10,15-18H,4-5,9,11H2,1-3H3/t15-,16+,17-,18-/m1/s1. The van der Waals surface area contributed by atoms with Crippen molar-refractivity contribution < 1.29 is 23.7 Å². The van der Waals surface area contributed by atoms with Crippen LogP contribution in [0.3, 0.4) is 0 Å². The van der Waals surface area contributed by atoms with E-state index in [1.807, 2.05) is 38.1 Å². The van der Waals surface area contributed by atoms with Crippen LogP contribution in [0.4, 0.5) is 0 Å². The van der Waals surface area contributed by atoms with Crippen LogP contribution in [0.25, 0.3) is 0 Å². The SMILES string of the molecule is CCCCC(=O)[C@H]1O[C@@H]2OC(C)(C)O[C@@H]2[C@H]1OCc1cccc(Cl)c1. The van der Waals surface area contributed by atoms with Crippen LogP contribution < -0.4 is 0 Å². The summed E-state index contributed by atoms with van der Waals surface area (Å²) in [6.45, 7) is 6.05. The first-order valence-electron chi connectivity index (χ1n) is 8.79.